The third-order valence-corrected chi connectivity index (χ3v) is 5.49. The van der Waals surface area contributed by atoms with E-state index >= 15 is 0 Å². The molecule has 4 rings (SSSR count). The Bertz CT molecular complexity index is 588. The standard InChI is InChI=1S/C17H18O3/c1-11-9-16(2)14(8-13(11)17(16)10-19-17)20-15(18)12-6-4-3-5-7-12/h3-7,13-14H,1,8-10H2,2H3. The zero-order chi connectivity index (χ0) is 14.0. The van der Waals surface area contributed by atoms with Gasteiger partial charge in [0.25, 0.3) is 0 Å². The Hall–Kier alpha value is -1.61. The van der Waals surface area contributed by atoms with Crippen LogP contribution >= 0.6 is 0 Å². The lowest BCUT2D eigenvalue weighted by Gasteiger charge is -2.32. The summed E-state index contributed by atoms with van der Waals surface area (Å²) in [6.45, 7) is 7.13. The first-order valence-electron chi connectivity index (χ1n) is 7.14. The van der Waals surface area contributed by atoms with Crippen molar-refractivity contribution in [3.63, 3.8) is 0 Å². The van der Waals surface area contributed by atoms with Gasteiger partial charge in [-0.05, 0) is 25.0 Å². The lowest BCUT2D eigenvalue weighted by Crippen LogP contribution is -2.38. The van der Waals surface area contributed by atoms with Gasteiger partial charge in [0.1, 0.15) is 11.7 Å². The van der Waals surface area contributed by atoms with Crippen LogP contribution in [0.2, 0.25) is 0 Å². The molecule has 3 aliphatic rings. The number of esters is 1. The van der Waals surface area contributed by atoms with E-state index in [-0.39, 0.29) is 23.1 Å². The molecule has 2 bridgehead atoms. The maximum Gasteiger partial charge on any atom is 0.338 e. The van der Waals surface area contributed by atoms with Gasteiger partial charge in [-0.25, -0.2) is 4.79 Å². The fourth-order valence-corrected chi connectivity index (χ4v) is 4.25. The number of carbonyl (C=O) groups excluding carboxylic acids is 1. The molecule has 3 heteroatoms. The first-order valence-corrected chi connectivity index (χ1v) is 7.14. The maximum atomic E-state index is 12.2. The van der Waals surface area contributed by atoms with Gasteiger partial charge in [0.15, 0.2) is 0 Å². The van der Waals surface area contributed by atoms with Crippen molar-refractivity contribution >= 4 is 5.97 Å². The minimum absolute atomic E-state index is 0.0618. The number of ether oxygens (including phenoxy) is 2. The average Bonchev–Trinajstić information content (AvgIpc) is 3.17. The van der Waals surface area contributed by atoms with Gasteiger partial charge in [0, 0.05) is 11.3 Å². The van der Waals surface area contributed by atoms with Gasteiger partial charge in [-0.1, -0.05) is 37.3 Å². The molecular weight excluding hydrogens is 252 g/mol. The van der Waals surface area contributed by atoms with Gasteiger partial charge in [-0.15, -0.1) is 0 Å². The van der Waals surface area contributed by atoms with E-state index in [1.54, 1.807) is 12.1 Å². The smallest absolute Gasteiger partial charge is 0.338 e. The third-order valence-electron chi connectivity index (χ3n) is 5.49. The van der Waals surface area contributed by atoms with Crippen LogP contribution < -0.4 is 0 Å². The predicted molar refractivity (Wildman–Crippen MR) is 74.3 cm³/mol. The highest BCUT2D eigenvalue weighted by atomic mass is 16.6. The summed E-state index contributed by atoms with van der Waals surface area (Å²) in [5, 5.41) is 0. The Morgan fingerprint density at radius 2 is 2.10 bits per heavy atom. The van der Waals surface area contributed by atoms with Crippen molar-refractivity contribution in [2.24, 2.45) is 11.3 Å². The molecule has 4 atom stereocenters. The number of hydrogen-bond donors (Lipinski definition) is 0. The van der Waals surface area contributed by atoms with Crippen LogP contribution in [-0.2, 0) is 9.47 Å². The summed E-state index contributed by atoms with van der Waals surface area (Å²) < 4.78 is 11.6. The van der Waals surface area contributed by atoms with Crippen LogP contribution in [0.25, 0.3) is 0 Å². The second-order valence-electron chi connectivity index (χ2n) is 6.48. The van der Waals surface area contributed by atoms with E-state index in [1.165, 1.54) is 5.57 Å². The Morgan fingerprint density at radius 1 is 1.40 bits per heavy atom. The van der Waals surface area contributed by atoms with E-state index in [9.17, 15) is 4.79 Å². The van der Waals surface area contributed by atoms with Gasteiger partial charge < -0.3 is 9.47 Å². The Balaban J connectivity index is 1.57. The largest absolute Gasteiger partial charge is 0.458 e. The molecule has 1 heterocycles. The summed E-state index contributed by atoms with van der Waals surface area (Å²) >= 11 is 0. The topological polar surface area (TPSA) is 38.8 Å². The summed E-state index contributed by atoms with van der Waals surface area (Å²) in [7, 11) is 0. The van der Waals surface area contributed by atoms with Crippen molar-refractivity contribution in [1.82, 2.24) is 0 Å². The number of rotatable bonds is 2. The average molecular weight is 270 g/mol. The molecule has 2 aliphatic carbocycles. The van der Waals surface area contributed by atoms with Crippen molar-refractivity contribution in [1.29, 1.82) is 0 Å². The number of hydrogen-bond acceptors (Lipinski definition) is 3. The van der Waals surface area contributed by atoms with E-state index < -0.39 is 0 Å². The summed E-state index contributed by atoms with van der Waals surface area (Å²) in [6.07, 6.45) is 1.70. The summed E-state index contributed by atoms with van der Waals surface area (Å²) in [5.41, 5.74) is 1.69. The highest BCUT2D eigenvalue weighted by Gasteiger charge is 2.76. The minimum Gasteiger partial charge on any atom is -0.458 e. The van der Waals surface area contributed by atoms with Crippen LogP contribution in [0.5, 0.6) is 0 Å². The van der Waals surface area contributed by atoms with Crippen LogP contribution in [0.3, 0.4) is 0 Å². The quantitative estimate of drug-likeness (QED) is 0.471. The number of carbonyl (C=O) groups is 1. The molecule has 20 heavy (non-hydrogen) atoms. The molecule has 1 spiro atoms. The highest BCUT2D eigenvalue weighted by molar-refractivity contribution is 5.89. The summed E-state index contributed by atoms with van der Waals surface area (Å²) in [5.74, 6) is 0.131. The third kappa shape index (κ3) is 1.36. The second-order valence-corrected chi connectivity index (χ2v) is 6.48. The zero-order valence-corrected chi connectivity index (χ0v) is 11.6. The lowest BCUT2D eigenvalue weighted by atomic mass is 9.78. The molecule has 0 amide bonds. The fraction of sp³-hybridized carbons (Fsp3) is 0.471. The fourth-order valence-electron chi connectivity index (χ4n) is 4.25. The van der Waals surface area contributed by atoms with E-state index in [2.05, 4.69) is 13.5 Å². The Morgan fingerprint density at radius 3 is 2.70 bits per heavy atom. The molecule has 1 aromatic rings. The number of benzene rings is 1. The van der Waals surface area contributed by atoms with Crippen LogP contribution in [0.15, 0.2) is 42.5 Å². The van der Waals surface area contributed by atoms with E-state index in [0.29, 0.717) is 11.5 Å². The molecular formula is C17H18O3. The van der Waals surface area contributed by atoms with Gasteiger partial charge in [-0.2, -0.15) is 0 Å². The second kappa shape index (κ2) is 3.73. The van der Waals surface area contributed by atoms with Gasteiger partial charge in [0.2, 0.25) is 0 Å². The van der Waals surface area contributed by atoms with Crippen molar-refractivity contribution in [2.45, 2.75) is 31.5 Å². The zero-order valence-electron chi connectivity index (χ0n) is 11.6. The minimum atomic E-state index is -0.231. The molecule has 2 saturated carbocycles. The molecule has 1 aromatic carbocycles. The summed E-state index contributed by atoms with van der Waals surface area (Å²) in [4.78, 5) is 12.2. The lowest BCUT2D eigenvalue weighted by molar-refractivity contribution is -0.0140. The van der Waals surface area contributed by atoms with Crippen molar-refractivity contribution in [2.75, 3.05) is 6.61 Å². The Labute approximate surface area is 118 Å². The first-order chi connectivity index (χ1) is 9.57. The highest BCUT2D eigenvalue weighted by Crippen LogP contribution is 2.70. The molecule has 0 N–H and O–H groups in total. The van der Waals surface area contributed by atoms with E-state index in [0.717, 1.165) is 19.4 Å². The predicted octanol–water partition coefficient (Wildman–Crippen LogP) is 2.97. The van der Waals surface area contributed by atoms with Crippen LogP contribution in [0, 0.1) is 11.3 Å². The molecule has 3 nitrogen and oxygen atoms in total. The monoisotopic (exact) mass is 270 g/mol. The molecule has 1 saturated heterocycles. The van der Waals surface area contributed by atoms with Crippen LogP contribution in [0.1, 0.15) is 30.1 Å². The molecule has 0 aromatic heterocycles. The van der Waals surface area contributed by atoms with Crippen LogP contribution in [-0.4, -0.2) is 24.3 Å². The molecule has 3 fully saturated rings. The SMILES string of the molecule is C=C1CC2(C)C(OC(=O)c3ccccc3)CC1C21CO1. The molecule has 0 radical (unpaired) electrons. The normalized spacial score (nSPS) is 41.1. The molecule has 1 aliphatic heterocycles. The van der Waals surface area contributed by atoms with E-state index in [4.69, 9.17) is 9.47 Å². The molecule has 4 unspecified atom stereocenters. The number of epoxide rings is 1. The van der Waals surface area contributed by atoms with Crippen molar-refractivity contribution < 1.29 is 14.3 Å². The first kappa shape index (κ1) is 12.2. The summed E-state index contributed by atoms with van der Waals surface area (Å²) in [6, 6.07) is 9.19. The van der Waals surface area contributed by atoms with Crippen molar-refractivity contribution in [3.05, 3.63) is 48.0 Å². The molecule has 104 valence electrons. The Kier molecular flexibility index (Phi) is 2.27. The van der Waals surface area contributed by atoms with Gasteiger partial charge in [-0.3, -0.25) is 0 Å². The van der Waals surface area contributed by atoms with Crippen LogP contribution in [0.4, 0.5) is 0 Å². The maximum absolute atomic E-state index is 12.2. The van der Waals surface area contributed by atoms with E-state index in [1.807, 2.05) is 18.2 Å². The van der Waals surface area contributed by atoms with Crippen molar-refractivity contribution in [3.8, 4) is 0 Å². The van der Waals surface area contributed by atoms with Gasteiger partial charge >= 0.3 is 5.97 Å². The van der Waals surface area contributed by atoms with Gasteiger partial charge in [0.05, 0.1) is 12.2 Å².